The molecule has 156 valence electrons. The summed E-state index contributed by atoms with van der Waals surface area (Å²) in [6, 6.07) is 11.6. The van der Waals surface area contributed by atoms with Crippen LogP contribution in [-0.2, 0) is 14.3 Å². The second-order valence-corrected chi connectivity index (χ2v) is 7.64. The van der Waals surface area contributed by atoms with Gasteiger partial charge in [0, 0.05) is 36.0 Å². The van der Waals surface area contributed by atoms with E-state index in [1.807, 2.05) is 6.26 Å². The average Bonchev–Trinajstić information content (AvgIpc) is 3.17. The van der Waals surface area contributed by atoms with Gasteiger partial charge in [-0.3, -0.25) is 14.4 Å². The molecule has 0 bridgehead atoms. The second kappa shape index (κ2) is 9.58. The van der Waals surface area contributed by atoms with E-state index in [0.29, 0.717) is 29.9 Å². The third kappa shape index (κ3) is 5.07. The molecule has 0 spiro atoms. The van der Waals surface area contributed by atoms with Gasteiger partial charge in [-0.25, -0.2) is 4.79 Å². The van der Waals surface area contributed by atoms with Gasteiger partial charge in [0.2, 0.25) is 11.8 Å². The predicted octanol–water partition coefficient (Wildman–Crippen LogP) is 3.53. The van der Waals surface area contributed by atoms with Gasteiger partial charge >= 0.3 is 5.97 Å². The molecule has 0 saturated carbocycles. The highest BCUT2D eigenvalue weighted by Gasteiger charge is 2.22. The van der Waals surface area contributed by atoms with Gasteiger partial charge in [-0.1, -0.05) is 12.1 Å². The molecule has 0 radical (unpaired) electrons. The molecule has 2 amide bonds. The third-order valence-corrected chi connectivity index (χ3v) is 5.43. The van der Waals surface area contributed by atoms with E-state index < -0.39 is 12.6 Å². The van der Waals surface area contributed by atoms with Gasteiger partial charge in [-0.05, 0) is 43.0 Å². The van der Waals surface area contributed by atoms with Crippen LogP contribution >= 0.6 is 11.8 Å². The number of carbonyl (C=O) groups excluding carboxylic acids is 4. The maximum Gasteiger partial charge on any atom is 0.338 e. The minimum absolute atomic E-state index is 0.0272. The number of carbonyl (C=O) groups is 4. The number of rotatable bonds is 7. The van der Waals surface area contributed by atoms with Crippen molar-refractivity contribution in [3.05, 3.63) is 53.6 Å². The summed E-state index contributed by atoms with van der Waals surface area (Å²) in [4.78, 5) is 50.6. The van der Waals surface area contributed by atoms with Crippen LogP contribution in [0.15, 0.2) is 47.4 Å². The molecule has 30 heavy (non-hydrogen) atoms. The standard InChI is InChI=1S/C22H22N2O5S/c1-14(25)23-18-12-15(8-9-20(18)30-2)19(26)13-29-22(28)16-5-3-6-17(11-16)24-10-4-7-21(24)27/h3,5-6,8-9,11-12H,4,7,10,13H2,1-2H3,(H,23,25). The molecule has 2 aromatic rings. The molecule has 1 N–H and O–H groups in total. The van der Waals surface area contributed by atoms with Crippen molar-refractivity contribution >= 4 is 46.7 Å². The minimum Gasteiger partial charge on any atom is -0.454 e. The monoisotopic (exact) mass is 426 g/mol. The van der Waals surface area contributed by atoms with E-state index in [2.05, 4.69) is 5.32 Å². The van der Waals surface area contributed by atoms with Crippen LogP contribution in [0.1, 0.15) is 40.5 Å². The van der Waals surface area contributed by atoms with Crippen LogP contribution in [0, 0.1) is 0 Å². The van der Waals surface area contributed by atoms with Gasteiger partial charge in [0.15, 0.2) is 12.4 Å². The van der Waals surface area contributed by atoms with E-state index >= 15 is 0 Å². The average molecular weight is 426 g/mol. The van der Waals surface area contributed by atoms with E-state index in [0.717, 1.165) is 11.3 Å². The Morgan fingerprint density at radius 2 is 1.93 bits per heavy atom. The number of nitrogens with zero attached hydrogens (tertiary/aromatic N) is 1. The topological polar surface area (TPSA) is 92.8 Å². The number of ether oxygens (including phenoxy) is 1. The quantitative estimate of drug-likeness (QED) is 0.414. The summed E-state index contributed by atoms with van der Waals surface area (Å²) in [5, 5.41) is 2.69. The number of hydrogen-bond donors (Lipinski definition) is 1. The number of benzene rings is 2. The normalized spacial score (nSPS) is 13.3. The lowest BCUT2D eigenvalue weighted by molar-refractivity contribution is -0.117. The Kier molecular flexibility index (Phi) is 6.89. The van der Waals surface area contributed by atoms with Crippen molar-refractivity contribution in [1.82, 2.24) is 0 Å². The van der Waals surface area contributed by atoms with Crippen LogP contribution in [0.5, 0.6) is 0 Å². The van der Waals surface area contributed by atoms with E-state index in [1.165, 1.54) is 18.7 Å². The number of anilines is 2. The predicted molar refractivity (Wildman–Crippen MR) is 115 cm³/mol. The molecule has 8 heteroatoms. The maximum atomic E-state index is 12.5. The summed E-state index contributed by atoms with van der Waals surface area (Å²) in [5.74, 6) is -1.23. The number of thioether (sulfide) groups is 1. The van der Waals surface area contributed by atoms with Gasteiger partial charge in [0.25, 0.3) is 0 Å². The summed E-state index contributed by atoms with van der Waals surface area (Å²) < 4.78 is 5.18. The van der Waals surface area contributed by atoms with Crippen LogP contribution in [-0.4, -0.2) is 43.0 Å². The summed E-state index contributed by atoms with van der Waals surface area (Å²) in [6.07, 6.45) is 3.16. The van der Waals surface area contributed by atoms with Crippen molar-refractivity contribution in [3.63, 3.8) is 0 Å². The highest BCUT2D eigenvalue weighted by Crippen LogP contribution is 2.27. The smallest absolute Gasteiger partial charge is 0.338 e. The fourth-order valence-corrected chi connectivity index (χ4v) is 3.72. The van der Waals surface area contributed by atoms with E-state index in [4.69, 9.17) is 4.74 Å². The molecular formula is C22H22N2O5S. The van der Waals surface area contributed by atoms with Crippen molar-refractivity contribution < 1.29 is 23.9 Å². The fraction of sp³-hybridized carbons (Fsp3) is 0.273. The molecule has 1 aliphatic heterocycles. The first-order valence-electron chi connectivity index (χ1n) is 9.45. The zero-order valence-electron chi connectivity index (χ0n) is 16.8. The number of esters is 1. The molecule has 1 aliphatic rings. The molecule has 1 fully saturated rings. The highest BCUT2D eigenvalue weighted by molar-refractivity contribution is 7.98. The summed E-state index contributed by atoms with van der Waals surface area (Å²) in [6.45, 7) is 1.59. The Balaban J connectivity index is 1.67. The number of amides is 2. The second-order valence-electron chi connectivity index (χ2n) is 6.79. The van der Waals surface area contributed by atoms with Gasteiger partial charge in [0.05, 0.1) is 11.3 Å². The molecule has 1 saturated heterocycles. The lowest BCUT2D eigenvalue weighted by Gasteiger charge is -2.16. The first-order chi connectivity index (χ1) is 14.4. The zero-order valence-corrected chi connectivity index (χ0v) is 17.6. The lowest BCUT2D eigenvalue weighted by Crippen LogP contribution is -2.24. The maximum absolute atomic E-state index is 12.5. The van der Waals surface area contributed by atoms with Crippen molar-refractivity contribution in [1.29, 1.82) is 0 Å². The van der Waals surface area contributed by atoms with E-state index in [1.54, 1.807) is 47.4 Å². The third-order valence-electron chi connectivity index (χ3n) is 4.63. The fourth-order valence-electron chi connectivity index (χ4n) is 3.19. The van der Waals surface area contributed by atoms with Crippen molar-refractivity contribution in [2.24, 2.45) is 0 Å². The molecule has 0 atom stereocenters. The Morgan fingerprint density at radius 1 is 1.13 bits per heavy atom. The minimum atomic E-state index is -0.639. The van der Waals surface area contributed by atoms with Crippen LogP contribution in [0.4, 0.5) is 11.4 Å². The molecule has 3 rings (SSSR count). The van der Waals surface area contributed by atoms with Crippen LogP contribution in [0.2, 0.25) is 0 Å². The number of hydrogen-bond acceptors (Lipinski definition) is 6. The summed E-state index contributed by atoms with van der Waals surface area (Å²) >= 11 is 1.45. The molecule has 2 aromatic carbocycles. The van der Waals surface area contributed by atoms with Crippen molar-refractivity contribution in [3.8, 4) is 0 Å². The number of Topliss-reactive ketones (excluding diaryl/α,β-unsaturated/α-hetero) is 1. The largest absolute Gasteiger partial charge is 0.454 e. The van der Waals surface area contributed by atoms with Crippen LogP contribution < -0.4 is 10.2 Å². The zero-order chi connectivity index (χ0) is 21.7. The molecule has 0 aliphatic carbocycles. The number of ketones is 1. The van der Waals surface area contributed by atoms with Crippen molar-refractivity contribution in [2.45, 2.75) is 24.7 Å². The number of nitrogens with one attached hydrogen (secondary N) is 1. The first kappa shape index (κ1) is 21.6. The van der Waals surface area contributed by atoms with Crippen LogP contribution in [0.25, 0.3) is 0 Å². The highest BCUT2D eigenvalue weighted by atomic mass is 32.2. The van der Waals surface area contributed by atoms with Crippen molar-refractivity contribution in [2.75, 3.05) is 29.6 Å². The van der Waals surface area contributed by atoms with Crippen LogP contribution in [0.3, 0.4) is 0 Å². The molecule has 1 heterocycles. The van der Waals surface area contributed by atoms with E-state index in [-0.39, 0.29) is 23.2 Å². The van der Waals surface area contributed by atoms with Gasteiger partial charge < -0.3 is 15.0 Å². The molecule has 0 unspecified atom stereocenters. The Bertz CT molecular complexity index is 1000. The molecule has 7 nitrogen and oxygen atoms in total. The van der Waals surface area contributed by atoms with Gasteiger partial charge in [-0.2, -0.15) is 0 Å². The molecule has 0 aromatic heterocycles. The Hall–Kier alpha value is -3.13. The van der Waals surface area contributed by atoms with Gasteiger partial charge in [-0.15, -0.1) is 11.8 Å². The lowest BCUT2D eigenvalue weighted by atomic mass is 10.1. The summed E-state index contributed by atoms with van der Waals surface area (Å²) in [5.41, 5.74) is 1.79. The first-order valence-corrected chi connectivity index (χ1v) is 10.7. The SMILES string of the molecule is CSc1ccc(C(=O)COC(=O)c2cccc(N3CCCC3=O)c2)cc1NC(C)=O. The van der Waals surface area contributed by atoms with E-state index in [9.17, 15) is 19.2 Å². The molecular weight excluding hydrogens is 404 g/mol. The summed E-state index contributed by atoms with van der Waals surface area (Å²) in [7, 11) is 0. The Morgan fingerprint density at radius 3 is 2.60 bits per heavy atom. The Labute approximate surface area is 178 Å². The van der Waals surface area contributed by atoms with Gasteiger partial charge in [0.1, 0.15) is 0 Å².